The van der Waals surface area contributed by atoms with Crippen LogP contribution < -0.4 is 20.7 Å². The van der Waals surface area contributed by atoms with Gasteiger partial charge in [0.1, 0.15) is 23.9 Å². The van der Waals surface area contributed by atoms with Crippen molar-refractivity contribution < 1.29 is 28.6 Å². The van der Waals surface area contributed by atoms with E-state index in [0.29, 0.717) is 5.75 Å². The second-order valence-electron chi connectivity index (χ2n) is 12.3. The maximum Gasteiger partial charge on any atom is 0.258 e. The van der Waals surface area contributed by atoms with Crippen molar-refractivity contribution in [1.82, 2.24) is 25.8 Å². The van der Waals surface area contributed by atoms with Crippen molar-refractivity contribution in [2.45, 2.75) is 83.5 Å². The molecule has 1 aromatic carbocycles. The molecule has 222 valence electrons. The van der Waals surface area contributed by atoms with Crippen molar-refractivity contribution in [3.63, 3.8) is 0 Å². The lowest BCUT2D eigenvalue weighted by Crippen LogP contribution is -2.59. The number of carbonyl (C=O) groups excluding carboxylic acids is 3. The first kappa shape index (κ1) is 29.4. The quantitative estimate of drug-likeness (QED) is 0.353. The second kappa shape index (κ2) is 11.3. The van der Waals surface area contributed by atoms with Crippen LogP contribution in [-0.2, 0) is 20.9 Å². The molecule has 2 aliphatic heterocycles. The number of aromatic nitrogens is 1. The van der Waals surface area contributed by atoms with Crippen LogP contribution in [0.1, 0.15) is 51.3 Å². The van der Waals surface area contributed by atoms with Gasteiger partial charge in [-0.15, -0.1) is 11.3 Å². The van der Waals surface area contributed by atoms with Crippen LogP contribution in [0.25, 0.3) is 10.4 Å². The number of hydrogen-bond acceptors (Lipinski definition) is 8. The van der Waals surface area contributed by atoms with E-state index in [1.807, 2.05) is 25.1 Å². The highest BCUT2D eigenvalue weighted by molar-refractivity contribution is 7.13. The van der Waals surface area contributed by atoms with E-state index in [1.54, 1.807) is 37.6 Å². The minimum Gasteiger partial charge on any atom is -0.487 e. The summed E-state index contributed by atoms with van der Waals surface area (Å²) in [5, 5.41) is 19.1. The van der Waals surface area contributed by atoms with Gasteiger partial charge in [0.2, 0.25) is 11.8 Å². The first-order valence-electron chi connectivity index (χ1n) is 14.0. The Labute approximate surface area is 243 Å². The number of β-amino-alcohol motifs (C(OH)–C–C–N with tert-alkyl or cyclic N) is 1. The zero-order valence-corrected chi connectivity index (χ0v) is 24.6. The van der Waals surface area contributed by atoms with Crippen LogP contribution >= 0.6 is 11.3 Å². The Kier molecular flexibility index (Phi) is 8.10. The minimum absolute atomic E-state index is 0.0315. The molecule has 3 fully saturated rings. The number of aryl methyl sites for hydroxylation is 1. The van der Waals surface area contributed by atoms with Crippen LogP contribution in [0.2, 0.25) is 0 Å². The zero-order valence-electron chi connectivity index (χ0n) is 23.8. The Morgan fingerprint density at radius 1 is 1.29 bits per heavy atom. The maximum absolute atomic E-state index is 14.4. The van der Waals surface area contributed by atoms with Crippen molar-refractivity contribution in [3.8, 4) is 16.2 Å². The molecular formula is C29H38FN5O5S. The average molecular weight is 588 g/mol. The minimum atomic E-state index is -1.94. The molecule has 2 unspecified atom stereocenters. The molecule has 3 aliphatic rings. The third-order valence-corrected chi connectivity index (χ3v) is 8.89. The van der Waals surface area contributed by atoms with Crippen molar-refractivity contribution in [2.75, 3.05) is 19.6 Å². The Bertz CT molecular complexity index is 1320. The molecule has 2 saturated heterocycles. The molecule has 1 aliphatic carbocycles. The number of aliphatic hydroxyl groups is 1. The van der Waals surface area contributed by atoms with Gasteiger partial charge in [-0.25, -0.2) is 9.37 Å². The molecule has 1 aromatic heterocycles. The number of nitrogens with zero attached hydrogens (tertiary/aromatic N) is 2. The van der Waals surface area contributed by atoms with Crippen LogP contribution in [0.15, 0.2) is 23.7 Å². The number of carbonyl (C=O) groups is 3. The number of benzene rings is 1. The van der Waals surface area contributed by atoms with Gasteiger partial charge in [0, 0.05) is 38.2 Å². The van der Waals surface area contributed by atoms with Gasteiger partial charge in [-0.2, -0.15) is 0 Å². The number of nitrogens with one attached hydrogen (secondary N) is 3. The number of thiazole rings is 1. The number of aliphatic hydroxyl groups excluding tert-OH is 1. The van der Waals surface area contributed by atoms with E-state index in [9.17, 15) is 23.9 Å². The predicted octanol–water partition coefficient (Wildman–Crippen LogP) is 2.08. The van der Waals surface area contributed by atoms with Crippen LogP contribution in [0.3, 0.4) is 0 Å². The summed E-state index contributed by atoms with van der Waals surface area (Å²) >= 11 is 1.55. The van der Waals surface area contributed by atoms with E-state index in [2.05, 4.69) is 20.9 Å². The van der Waals surface area contributed by atoms with Crippen molar-refractivity contribution in [3.05, 3.63) is 35.0 Å². The topological polar surface area (TPSA) is 133 Å². The molecular weight excluding hydrogens is 549 g/mol. The van der Waals surface area contributed by atoms with Crippen LogP contribution in [-0.4, -0.2) is 82.3 Å². The molecule has 41 heavy (non-hydrogen) atoms. The summed E-state index contributed by atoms with van der Waals surface area (Å²) in [5.74, 6) is -1.08. The summed E-state index contributed by atoms with van der Waals surface area (Å²) in [6.07, 6.45) is -0.537. The molecule has 4 N–H and O–H groups in total. The highest BCUT2D eigenvalue weighted by atomic mass is 32.1. The first-order valence-corrected chi connectivity index (χ1v) is 14.9. The number of amides is 3. The molecule has 5 rings (SSSR count). The summed E-state index contributed by atoms with van der Waals surface area (Å²) in [7, 11) is 0. The molecule has 0 radical (unpaired) electrons. The zero-order chi connectivity index (χ0) is 29.5. The molecule has 12 heteroatoms. The molecule has 1 saturated carbocycles. The van der Waals surface area contributed by atoms with Gasteiger partial charge in [-0.3, -0.25) is 14.4 Å². The average Bonchev–Trinajstić information content (AvgIpc) is 3.30. The van der Waals surface area contributed by atoms with E-state index in [-0.39, 0.29) is 38.5 Å². The van der Waals surface area contributed by atoms with Crippen molar-refractivity contribution in [2.24, 2.45) is 5.41 Å². The number of ether oxygens (including phenoxy) is 1. The summed E-state index contributed by atoms with van der Waals surface area (Å²) in [4.78, 5) is 46.3. The number of halogens is 1. The third-order valence-electron chi connectivity index (χ3n) is 7.91. The van der Waals surface area contributed by atoms with E-state index in [1.165, 1.54) is 4.90 Å². The Hall–Kier alpha value is -3.09. The molecule has 3 heterocycles. The summed E-state index contributed by atoms with van der Waals surface area (Å²) in [6.45, 7) is 8.85. The number of rotatable bonds is 9. The predicted molar refractivity (Wildman–Crippen MR) is 152 cm³/mol. The second-order valence-corrected chi connectivity index (χ2v) is 13.2. The van der Waals surface area contributed by atoms with Crippen LogP contribution in [0.5, 0.6) is 5.75 Å². The SMILES string of the molecule is Cc1ncsc1-c1ccc(CNC(=O)C2CC(O)CN2C(=O)[C@@H](NC(=O)C2(F)CC2)C(C)(C)C)c(OC2CNC2)c1. The molecule has 3 atom stereocenters. The molecule has 3 amide bonds. The number of alkyl halides is 1. The molecule has 0 bridgehead atoms. The summed E-state index contributed by atoms with van der Waals surface area (Å²) in [6, 6.07) is 3.86. The lowest BCUT2D eigenvalue weighted by molar-refractivity contribution is -0.145. The highest BCUT2D eigenvalue weighted by Crippen LogP contribution is 2.40. The van der Waals surface area contributed by atoms with Gasteiger partial charge in [-0.05, 0) is 36.8 Å². The smallest absolute Gasteiger partial charge is 0.258 e. The van der Waals surface area contributed by atoms with Gasteiger partial charge in [0.25, 0.3) is 5.91 Å². The number of likely N-dealkylation sites (tertiary alicyclic amines) is 1. The number of hydrogen-bond donors (Lipinski definition) is 4. The van der Waals surface area contributed by atoms with Gasteiger partial charge < -0.3 is 30.7 Å². The monoisotopic (exact) mass is 587 g/mol. The molecule has 2 aromatic rings. The Morgan fingerprint density at radius 2 is 2.02 bits per heavy atom. The highest BCUT2D eigenvalue weighted by Gasteiger charge is 2.53. The fourth-order valence-electron chi connectivity index (χ4n) is 5.07. The van der Waals surface area contributed by atoms with Gasteiger partial charge in [0.05, 0.1) is 22.2 Å². The molecule has 0 spiro atoms. The standard InChI is InChI=1S/C29H38FN5O5S/c1-16-23(41-15-33-16)17-5-6-18(22(9-17)40-20-12-31-13-20)11-32-25(37)21-10-19(36)14-35(21)26(38)24(28(2,3)4)34-27(39)29(30)7-8-29/h5-6,9,15,19-21,24,31,36H,7-8,10-14H2,1-4H3,(H,32,37)(H,34,39)/t19?,21?,24-/m1/s1. The Balaban J connectivity index is 1.30. The summed E-state index contributed by atoms with van der Waals surface area (Å²) < 4.78 is 20.6. The summed E-state index contributed by atoms with van der Waals surface area (Å²) in [5.41, 5.74) is 1.82. The van der Waals surface area contributed by atoms with Crippen molar-refractivity contribution in [1.29, 1.82) is 0 Å². The normalized spacial score (nSPS) is 22.5. The fourth-order valence-corrected chi connectivity index (χ4v) is 5.88. The van der Waals surface area contributed by atoms with E-state index in [0.717, 1.165) is 34.8 Å². The Morgan fingerprint density at radius 3 is 2.61 bits per heavy atom. The first-order chi connectivity index (χ1) is 19.4. The lowest BCUT2D eigenvalue weighted by Gasteiger charge is -2.35. The van der Waals surface area contributed by atoms with E-state index < -0.39 is 47.0 Å². The third kappa shape index (κ3) is 6.39. The molecule has 10 nitrogen and oxygen atoms in total. The van der Waals surface area contributed by atoms with Gasteiger partial charge in [-0.1, -0.05) is 32.9 Å². The van der Waals surface area contributed by atoms with E-state index in [4.69, 9.17) is 4.74 Å². The lowest BCUT2D eigenvalue weighted by atomic mass is 9.85. The van der Waals surface area contributed by atoms with Crippen molar-refractivity contribution >= 4 is 29.1 Å². The van der Waals surface area contributed by atoms with Gasteiger partial charge in [0.15, 0.2) is 5.67 Å². The van der Waals surface area contributed by atoms with Crippen LogP contribution in [0, 0.1) is 12.3 Å². The largest absolute Gasteiger partial charge is 0.487 e. The van der Waals surface area contributed by atoms with Crippen LogP contribution in [0.4, 0.5) is 4.39 Å². The fraction of sp³-hybridized carbons (Fsp3) is 0.586. The van der Waals surface area contributed by atoms with E-state index >= 15 is 0 Å². The maximum atomic E-state index is 14.4. The van der Waals surface area contributed by atoms with Gasteiger partial charge >= 0.3 is 0 Å².